The molecule has 0 aliphatic carbocycles. The molecule has 0 aliphatic heterocycles. The molecule has 1 aromatic carbocycles. The lowest BCUT2D eigenvalue weighted by molar-refractivity contribution is 0.753. The van der Waals surface area contributed by atoms with Gasteiger partial charge >= 0.3 is 0 Å². The van der Waals surface area contributed by atoms with E-state index in [9.17, 15) is 0 Å². The molecule has 4 nitrogen and oxygen atoms in total. The van der Waals surface area contributed by atoms with Crippen molar-refractivity contribution < 1.29 is 0 Å². The second-order valence-corrected chi connectivity index (χ2v) is 4.01. The first-order valence-corrected chi connectivity index (χ1v) is 5.44. The Hall–Kier alpha value is -2.48. The topological polar surface area (TPSA) is 97.4 Å². The molecule has 0 spiro atoms. The molecule has 2 N–H and O–H groups in total. The largest absolute Gasteiger partial charge is 0.399 e. The molecule has 0 fully saturated rings. The van der Waals surface area contributed by atoms with Crippen molar-refractivity contribution in [3.05, 3.63) is 46.1 Å². The van der Waals surface area contributed by atoms with Crippen LogP contribution in [0.1, 0.15) is 5.56 Å². The molecule has 5 heteroatoms. The maximum absolute atomic E-state index is 9.05. The minimum atomic E-state index is -0.710. The van der Waals surface area contributed by atoms with Crippen LogP contribution in [0.2, 0.25) is 5.02 Å². The minimum absolute atomic E-state index is 0.00229. The maximum Gasteiger partial charge on any atom is 0.149 e. The predicted octanol–water partition coefficient (Wildman–Crippen LogP) is 2.28. The van der Waals surface area contributed by atoms with Gasteiger partial charge in [-0.05, 0) is 24.1 Å². The molecule has 1 atom stereocenters. The zero-order valence-electron chi connectivity index (χ0n) is 9.39. The highest BCUT2D eigenvalue weighted by molar-refractivity contribution is 6.30. The van der Waals surface area contributed by atoms with Crippen LogP contribution in [0.4, 0.5) is 0 Å². The van der Waals surface area contributed by atoms with Crippen molar-refractivity contribution in [3.8, 4) is 18.2 Å². The van der Waals surface area contributed by atoms with Crippen molar-refractivity contribution in [2.24, 2.45) is 11.7 Å². The van der Waals surface area contributed by atoms with Gasteiger partial charge in [-0.15, -0.1) is 0 Å². The number of hydrogen-bond acceptors (Lipinski definition) is 4. The molecule has 0 radical (unpaired) electrons. The van der Waals surface area contributed by atoms with Gasteiger partial charge in [0.2, 0.25) is 0 Å². The summed E-state index contributed by atoms with van der Waals surface area (Å²) in [7, 11) is 0. The normalized spacial score (nSPS) is 10.6. The number of rotatable bonds is 3. The van der Waals surface area contributed by atoms with Crippen molar-refractivity contribution in [1.29, 1.82) is 15.8 Å². The molecular formula is C13H9ClN4. The Labute approximate surface area is 110 Å². The summed E-state index contributed by atoms with van der Waals surface area (Å²) in [6, 6.07) is 12.4. The lowest BCUT2D eigenvalue weighted by atomic mass is 9.95. The summed E-state index contributed by atoms with van der Waals surface area (Å²) in [5.41, 5.74) is 6.27. The van der Waals surface area contributed by atoms with Gasteiger partial charge in [-0.2, -0.15) is 15.8 Å². The van der Waals surface area contributed by atoms with Crippen molar-refractivity contribution >= 4 is 11.6 Å². The highest BCUT2D eigenvalue weighted by Gasteiger charge is 2.16. The quantitative estimate of drug-likeness (QED) is 0.839. The number of nitriles is 3. The van der Waals surface area contributed by atoms with E-state index >= 15 is 0 Å². The van der Waals surface area contributed by atoms with E-state index in [1.165, 1.54) is 0 Å². The lowest BCUT2D eigenvalue weighted by Crippen LogP contribution is -2.15. The molecular weight excluding hydrogens is 248 g/mol. The van der Waals surface area contributed by atoms with E-state index in [-0.39, 0.29) is 11.3 Å². The molecule has 0 amide bonds. The molecule has 0 aliphatic rings. The first-order valence-electron chi connectivity index (χ1n) is 5.06. The van der Waals surface area contributed by atoms with Gasteiger partial charge in [0.1, 0.15) is 17.7 Å². The van der Waals surface area contributed by atoms with Gasteiger partial charge in [-0.3, -0.25) is 0 Å². The number of benzene rings is 1. The summed E-state index contributed by atoms with van der Waals surface area (Å²) in [5.74, 6) is -0.710. The molecule has 0 bridgehead atoms. The van der Waals surface area contributed by atoms with Crippen molar-refractivity contribution in [2.45, 2.75) is 6.42 Å². The summed E-state index contributed by atoms with van der Waals surface area (Å²) in [6.45, 7) is 0. The third kappa shape index (κ3) is 3.25. The average molecular weight is 257 g/mol. The predicted molar refractivity (Wildman–Crippen MR) is 66.7 cm³/mol. The monoisotopic (exact) mass is 256 g/mol. The van der Waals surface area contributed by atoms with Crippen LogP contribution in [0, 0.1) is 39.9 Å². The third-order valence-electron chi connectivity index (χ3n) is 2.37. The van der Waals surface area contributed by atoms with Crippen LogP contribution in [-0.2, 0) is 6.42 Å². The summed E-state index contributed by atoms with van der Waals surface area (Å²) in [5, 5.41) is 27.0. The molecule has 0 saturated carbocycles. The summed E-state index contributed by atoms with van der Waals surface area (Å²) in [6.07, 6.45) is 0.315. The second-order valence-electron chi connectivity index (χ2n) is 3.57. The Morgan fingerprint density at radius 3 is 2.44 bits per heavy atom. The fraction of sp³-hybridized carbons (Fsp3) is 0.154. The van der Waals surface area contributed by atoms with E-state index in [1.54, 1.807) is 30.3 Å². The van der Waals surface area contributed by atoms with Gasteiger partial charge in [0, 0.05) is 5.02 Å². The zero-order chi connectivity index (χ0) is 13.5. The van der Waals surface area contributed by atoms with Crippen LogP contribution in [-0.4, -0.2) is 0 Å². The summed E-state index contributed by atoms with van der Waals surface area (Å²) >= 11 is 5.84. The van der Waals surface area contributed by atoms with Crippen LogP contribution in [0.25, 0.3) is 0 Å². The number of halogens is 1. The van der Waals surface area contributed by atoms with Gasteiger partial charge in [0.25, 0.3) is 0 Å². The van der Waals surface area contributed by atoms with Gasteiger partial charge < -0.3 is 5.73 Å². The Morgan fingerprint density at radius 1 is 1.28 bits per heavy atom. The molecule has 0 aromatic heterocycles. The lowest BCUT2D eigenvalue weighted by Gasteiger charge is -2.09. The van der Waals surface area contributed by atoms with E-state index in [0.29, 0.717) is 11.4 Å². The number of hydrogen-bond donors (Lipinski definition) is 1. The van der Waals surface area contributed by atoms with E-state index in [1.807, 2.05) is 12.1 Å². The smallest absolute Gasteiger partial charge is 0.149 e. The van der Waals surface area contributed by atoms with Crippen LogP contribution in [0.5, 0.6) is 0 Å². The summed E-state index contributed by atoms with van der Waals surface area (Å²) in [4.78, 5) is 0. The molecule has 1 rings (SSSR count). The number of nitrogens with zero attached hydrogens (tertiary/aromatic N) is 3. The van der Waals surface area contributed by atoms with E-state index in [0.717, 1.165) is 5.56 Å². The molecule has 0 heterocycles. The van der Waals surface area contributed by atoms with Crippen LogP contribution in [0.15, 0.2) is 35.5 Å². The summed E-state index contributed by atoms with van der Waals surface area (Å²) < 4.78 is 0. The van der Waals surface area contributed by atoms with Gasteiger partial charge in [-0.1, -0.05) is 23.7 Å². The standard InChI is InChI=1S/C13H9ClN4/c14-12-3-1-2-9(5-12)4-10(6-15)13(18)11(7-16)8-17/h1-3,5,10H,4,18H2. The van der Waals surface area contributed by atoms with Crippen molar-refractivity contribution in [3.63, 3.8) is 0 Å². The van der Waals surface area contributed by atoms with Crippen molar-refractivity contribution in [1.82, 2.24) is 0 Å². The molecule has 0 saturated heterocycles. The highest BCUT2D eigenvalue weighted by atomic mass is 35.5. The van der Waals surface area contributed by atoms with Crippen LogP contribution < -0.4 is 5.73 Å². The first kappa shape index (κ1) is 13.6. The van der Waals surface area contributed by atoms with Crippen LogP contribution in [0.3, 0.4) is 0 Å². The third-order valence-corrected chi connectivity index (χ3v) is 2.61. The van der Waals surface area contributed by atoms with E-state index in [4.69, 9.17) is 33.1 Å². The zero-order valence-corrected chi connectivity index (χ0v) is 10.1. The minimum Gasteiger partial charge on any atom is -0.399 e. The van der Waals surface area contributed by atoms with Gasteiger partial charge in [0.15, 0.2) is 0 Å². The molecule has 18 heavy (non-hydrogen) atoms. The average Bonchev–Trinajstić information content (AvgIpc) is 2.37. The molecule has 1 unspecified atom stereocenters. The van der Waals surface area contributed by atoms with Crippen molar-refractivity contribution in [2.75, 3.05) is 0 Å². The number of nitrogens with two attached hydrogens (primary N) is 1. The Morgan fingerprint density at radius 2 is 1.94 bits per heavy atom. The Balaban J connectivity index is 3.02. The molecule has 88 valence electrons. The highest BCUT2D eigenvalue weighted by Crippen LogP contribution is 2.18. The van der Waals surface area contributed by atoms with Gasteiger partial charge in [-0.25, -0.2) is 0 Å². The Kier molecular flexibility index (Phi) is 4.76. The molecule has 1 aromatic rings. The van der Waals surface area contributed by atoms with E-state index < -0.39 is 5.92 Å². The number of allylic oxidation sites excluding steroid dienone is 2. The Bertz CT molecular complexity index is 583. The van der Waals surface area contributed by atoms with Gasteiger partial charge in [0.05, 0.1) is 17.7 Å². The first-order chi connectivity index (χ1) is 8.62. The maximum atomic E-state index is 9.05. The van der Waals surface area contributed by atoms with Crippen LogP contribution >= 0.6 is 11.6 Å². The van der Waals surface area contributed by atoms with E-state index in [2.05, 4.69) is 0 Å². The second kappa shape index (κ2) is 6.30. The fourth-order valence-corrected chi connectivity index (χ4v) is 1.67. The fourth-order valence-electron chi connectivity index (χ4n) is 1.45. The SMILES string of the molecule is N#CC(C#N)=C(N)C(C#N)Cc1cccc(Cl)c1.